The summed E-state index contributed by atoms with van der Waals surface area (Å²) in [4.78, 5) is 24.9. The average molecular weight is 346 g/mol. The van der Waals surface area contributed by atoms with Gasteiger partial charge in [-0.05, 0) is 42.5 Å². The van der Waals surface area contributed by atoms with Gasteiger partial charge in [0.15, 0.2) is 11.7 Å². The molecule has 0 radical (unpaired) electrons. The second kappa shape index (κ2) is 7.66. The topological polar surface area (TPSA) is 52.6 Å². The van der Waals surface area contributed by atoms with E-state index in [9.17, 15) is 9.59 Å². The molecule has 0 aromatic heterocycles. The predicted octanol–water partition coefficient (Wildman–Crippen LogP) is 4.12. The van der Waals surface area contributed by atoms with Gasteiger partial charge in [0.05, 0.1) is 11.1 Å². The lowest BCUT2D eigenvalue weighted by Crippen LogP contribution is -2.45. The fourth-order valence-electron chi connectivity index (χ4n) is 2.62. The Morgan fingerprint density at radius 3 is 2.04 bits per heavy atom. The first-order valence-corrected chi connectivity index (χ1v) is 8.19. The maximum atomic E-state index is 12.5. The molecule has 0 saturated carbocycles. The summed E-state index contributed by atoms with van der Waals surface area (Å²) in [7, 11) is 0. The Balaban J connectivity index is 1.82. The molecule has 4 nitrogen and oxygen atoms in total. The summed E-state index contributed by atoms with van der Waals surface area (Å²) < 4.78 is 11.3. The molecule has 2 atom stereocenters. The average Bonchev–Trinajstić information content (AvgIpc) is 2.70. The van der Waals surface area contributed by atoms with Crippen LogP contribution in [0.25, 0.3) is 0 Å². The van der Waals surface area contributed by atoms with Crippen molar-refractivity contribution in [2.45, 2.75) is 11.7 Å². The van der Waals surface area contributed by atoms with Gasteiger partial charge in [0.2, 0.25) is 0 Å². The molecular weight excluding hydrogens is 328 g/mol. The minimum Gasteiger partial charge on any atom is -0.449 e. The Morgan fingerprint density at radius 2 is 1.46 bits per heavy atom. The minimum absolute atomic E-state index is 0.407. The van der Waals surface area contributed by atoms with Gasteiger partial charge >= 0.3 is 11.9 Å². The maximum Gasteiger partial charge on any atom is 0.339 e. The quantitative estimate of drug-likeness (QED) is 0.604. The number of benzene rings is 2. The molecule has 2 aromatic rings. The lowest BCUT2D eigenvalue weighted by Gasteiger charge is -2.34. The van der Waals surface area contributed by atoms with Crippen LogP contribution in [0.1, 0.15) is 20.7 Å². The number of hydrogen-bond donors (Lipinski definition) is 0. The van der Waals surface area contributed by atoms with Crippen LogP contribution in [0.2, 0.25) is 0 Å². The van der Waals surface area contributed by atoms with Crippen LogP contribution in [-0.4, -0.2) is 23.6 Å². The van der Waals surface area contributed by atoms with Crippen molar-refractivity contribution in [1.29, 1.82) is 0 Å². The molecule has 0 amide bonds. The third-order valence-electron chi connectivity index (χ3n) is 4.04. The molecule has 4 heteroatoms. The molecule has 0 spiro atoms. The smallest absolute Gasteiger partial charge is 0.339 e. The van der Waals surface area contributed by atoms with E-state index >= 15 is 0 Å². The van der Waals surface area contributed by atoms with Crippen molar-refractivity contribution in [1.82, 2.24) is 0 Å². The minimum atomic E-state index is -1.27. The van der Waals surface area contributed by atoms with Gasteiger partial charge < -0.3 is 9.47 Å². The molecule has 3 rings (SSSR count). The van der Waals surface area contributed by atoms with E-state index in [1.165, 1.54) is 6.08 Å². The Bertz CT molecular complexity index is 852. The van der Waals surface area contributed by atoms with Crippen LogP contribution in [0.4, 0.5) is 0 Å². The van der Waals surface area contributed by atoms with E-state index in [4.69, 9.17) is 9.47 Å². The summed E-state index contributed by atoms with van der Waals surface area (Å²) in [5.74, 6) is -1.02. The number of allylic oxidation sites excluding steroid dienone is 2. The molecule has 1 aliphatic rings. The van der Waals surface area contributed by atoms with Crippen LogP contribution in [0.5, 0.6) is 0 Å². The zero-order chi connectivity index (χ0) is 18.4. The first kappa shape index (κ1) is 17.4. The second-order valence-corrected chi connectivity index (χ2v) is 5.75. The first-order chi connectivity index (χ1) is 12.6. The molecule has 0 saturated heterocycles. The third kappa shape index (κ3) is 3.64. The lowest BCUT2D eigenvalue weighted by atomic mass is 9.91. The molecule has 2 aromatic carbocycles. The highest BCUT2D eigenvalue weighted by Gasteiger charge is 2.40. The highest BCUT2D eigenvalue weighted by molar-refractivity contribution is 5.91. The fourth-order valence-corrected chi connectivity index (χ4v) is 2.62. The van der Waals surface area contributed by atoms with Crippen LogP contribution in [0.3, 0.4) is 0 Å². The van der Waals surface area contributed by atoms with E-state index in [1.807, 2.05) is 12.1 Å². The highest BCUT2D eigenvalue weighted by Crippen LogP contribution is 2.29. The van der Waals surface area contributed by atoms with Gasteiger partial charge in [-0.15, -0.1) is 0 Å². The second-order valence-electron chi connectivity index (χ2n) is 5.75. The van der Waals surface area contributed by atoms with E-state index in [0.29, 0.717) is 11.1 Å². The monoisotopic (exact) mass is 346 g/mol. The molecule has 130 valence electrons. The number of carbonyl (C=O) groups excluding carboxylic acids is 2. The van der Waals surface area contributed by atoms with Gasteiger partial charge in [0, 0.05) is 0 Å². The predicted molar refractivity (Wildman–Crippen MR) is 98.7 cm³/mol. The van der Waals surface area contributed by atoms with Crippen molar-refractivity contribution < 1.29 is 19.1 Å². The zero-order valence-electron chi connectivity index (χ0n) is 14.1. The van der Waals surface area contributed by atoms with Crippen molar-refractivity contribution in [3.05, 3.63) is 109 Å². The van der Waals surface area contributed by atoms with E-state index in [-0.39, 0.29) is 0 Å². The van der Waals surface area contributed by atoms with Gasteiger partial charge in [0.25, 0.3) is 0 Å². The molecule has 0 aliphatic heterocycles. The Kier molecular flexibility index (Phi) is 5.13. The summed E-state index contributed by atoms with van der Waals surface area (Å²) in [5.41, 5.74) is -0.445. The Labute approximate surface area is 152 Å². The number of hydrogen-bond acceptors (Lipinski definition) is 4. The number of carbonyl (C=O) groups is 2. The summed E-state index contributed by atoms with van der Waals surface area (Å²) in [6.07, 6.45) is 7.44. The summed E-state index contributed by atoms with van der Waals surface area (Å²) in [5, 5.41) is 0. The van der Waals surface area contributed by atoms with Gasteiger partial charge in [-0.2, -0.15) is 0 Å². The van der Waals surface area contributed by atoms with Gasteiger partial charge in [0.1, 0.15) is 0 Å². The molecule has 2 unspecified atom stereocenters. The molecule has 0 heterocycles. The number of esters is 2. The van der Waals surface area contributed by atoms with Crippen LogP contribution in [-0.2, 0) is 9.47 Å². The summed E-state index contributed by atoms with van der Waals surface area (Å²) in [6.45, 7) is 3.78. The number of ether oxygens (including phenoxy) is 2. The molecule has 0 N–H and O–H groups in total. The van der Waals surface area contributed by atoms with Gasteiger partial charge in [-0.25, -0.2) is 9.59 Å². The van der Waals surface area contributed by atoms with Crippen molar-refractivity contribution in [2.24, 2.45) is 0 Å². The van der Waals surface area contributed by atoms with Crippen molar-refractivity contribution in [3.63, 3.8) is 0 Å². The van der Waals surface area contributed by atoms with E-state index < -0.39 is 23.6 Å². The van der Waals surface area contributed by atoms with Crippen LogP contribution in [0, 0.1) is 0 Å². The van der Waals surface area contributed by atoms with Crippen LogP contribution >= 0.6 is 0 Å². The molecular formula is C22H18O4. The lowest BCUT2D eigenvalue weighted by molar-refractivity contribution is -0.0359. The molecule has 1 aliphatic carbocycles. The maximum absolute atomic E-state index is 12.5. The summed E-state index contributed by atoms with van der Waals surface area (Å²) in [6, 6.07) is 17.3. The van der Waals surface area contributed by atoms with E-state index in [1.54, 1.807) is 72.8 Å². The SMILES string of the molecule is C=CC1(OC(=O)c2ccccc2)C=CC=CC1OC(=O)c1ccccc1. The van der Waals surface area contributed by atoms with Crippen molar-refractivity contribution >= 4 is 11.9 Å². The Morgan fingerprint density at radius 1 is 0.885 bits per heavy atom. The highest BCUT2D eigenvalue weighted by atomic mass is 16.6. The molecule has 26 heavy (non-hydrogen) atoms. The fraction of sp³-hybridized carbons (Fsp3) is 0.0909. The molecule has 0 fully saturated rings. The largest absolute Gasteiger partial charge is 0.449 e. The molecule has 0 bridgehead atoms. The standard InChI is InChI=1S/C22H18O4/c1-2-22(26-21(24)18-13-7-4-8-14-18)16-10-9-15-19(22)25-20(23)17-11-5-3-6-12-17/h2-16,19H,1H2. The Hall–Kier alpha value is -3.40. The van der Waals surface area contributed by atoms with Gasteiger partial charge in [-0.3, -0.25) is 0 Å². The normalized spacial score (nSPS) is 21.0. The van der Waals surface area contributed by atoms with Gasteiger partial charge in [-0.1, -0.05) is 55.1 Å². The van der Waals surface area contributed by atoms with E-state index in [0.717, 1.165) is 0 Å². The van der Waals surface area contributed by atoms with Crippen molar-refractivity contribution in [2.75, 3.05) is 0 Å². The van der Waals surface area contributed by atoms with Crippen LogP contribution < -0.4 is 0 Å². The van der Waals surface area contributed by atoms with E-state index in [2.05, 4.69) is 6.58 Å². The summed E-state index contributed by atoms with van der Waals surface area (Å²) >= 11 is 0. The number of rotatable bonds is 5. The third-order valence-corrected chi connectivity index (χ3v) is 4.04. The van der Waals surface area contributed by atoms with Crippen LogP contribution in [0.15, 0.2) is 97.6 Å². The van der Waals surface area contributed by atoms with Crippen molar-refractivity contribution in [3.8, 4) is 0 Å². The zero-order valence-corrected chi connectivity index (χ0v) is 14.1. The first-order valence-electron chi connectivity index (χ1n) is 8.19.